The van der Waals surface area contributed by atoms with Crippen molar-refractivity contribution in [3.8, 4) is 5.75 Å². The number of phenolic OH excluding ortho intramolecular Hbond substituents is 1. The Morgan fingerprint density at radius 3 is 2.40 bits per heavy atom. The first-order valence-corrected chi connectivity index (χ1v) is 7.03. The Hall–Kier alpha value is -2.04. The number of urea groups is 1. The van der Waals surface area contributed by atoms with Gasteiger partial charge in [-0.3, -0.25) is 10.1 Å². The van der Waals surface area contributed by atoms with E-state index in [-0.39, 0.29) is 17.7 Å². The molecule has 0 radical (unpaired) electrons. The van der Waals surface area contributed by atoms with E-state index in [0.717, 1.165) is 37.7 Å². The zero-order valence-electron chi connectivity index (χ0n) is 11.3. The van der Waals surface area contributed by atoms with E-state index in [1.165, 1.54) is 0 Å². The summed E-state index contributed by atoms with van der Waals surface area (Å²) in [7, 11) is 0. The average molecular weight is 274 g/mol. The van der Waals surface area contributed by atoms with Crippen molar-refractivity contribution in [2.24, 2.45) is 0 Å². The van der Waals surface area contributed by atoms with E-state index < -0.39 is 5.54 Å². The summed E-state index contributed by atoms with van der Waals surface area (Å²) in [6, 6.07) is 6.45. The highest BCUT2D eigenvalue weighted by Gasteiger charge is 2.52. The summed E-state index contributed by atoms with van der Waals surface area (Å²) in [5.74, 6) is 0.0454. The van der Waals surface area contributed by atoms with Crippen molar-refractivity contribution in [2.75, 3.05) is 0 Å². The molecule has 2 aliphatic rings. The SMILES string of the molecule is O=C1NC(=O)C2(CCCCC2)N1Cc1ccc(O)cc1. The molecule has 106 valence electrons. The lowest BCUT2D eigenvalue weighted by molar-refractivity contribution is -0.128. The summed E-state index contributed by atoms with van der Waals surface area (Å²) in [4.78, 5) is 25.9. The maximum Gasteiger partial charge on any atom is 0.325 e. The molecule has 3 rings (SSSR count). The van der Waals surface area contributed by atoms with Crippen molar-refractivity contribution < 1.29 is 14.7 Å². The zero-order chi connectivity index (χ0) is 14.2. The number of hydrogen-bond acceptors (Lipinski definition) is 3. The molecule has 0 unspecified atom stereocenters. The van der Waals surface area contributed by atoms with Gasteiger partial charge in [0, 0.05) is 6.54 Å². The van der Waals surface area contributed by atoms with Gasteiger partial charge in [-0.25, -0.2) is 4.79 Å². The number of nitrogens with zero attached hydrogens (tertiary/aromatic N) is 1. The van der Waals surface area contributed by atoms with E-state index in [4.69, 9.17) is 0 Å². The van der Waals surface area contributed by atoms with Gasteiger partial charge in [-0.15, -0.1) is 0 Å². The Morgan fingerprint density at radius 2 is 1.75 bits per heavy atom. The van der Waals surface area contributed by atoms with Gasteiger partial charge in [-0.1, -0.05) is 31.4 Å². The number of hydrogen-bond donors (Lipinski definition) is 2. The van der Waals surface area contributed by atoms with Gasteiger partial charge in [0.2, 0.25) is 0 Å². The lowest BCUT2D eigenvalue weighted by Crippen LogP contribution is -2.50. The molecule has 2 fully saturated rings. The summed E-state index contributed by atoms with van der Waals surface area (Å²) >= 11 is 0. The van der Waals surface area contributed by atoms with Crippen molar-refractivity contribution in [2.45, 2.75) is 44.2 Å². The van der Waals surface area contributed by atoms with Crippen LogP contribution >= 0.6 is 0 Å². The topological polar surface area (TPSA) is 69.6 Å². The lowest BCUT2D eigenvalue weighted by atomic mass is 9.80. The molecule has 5 heteroatoms. The van der Waals surface area contributed by atoms with Crippen LogP contribution in [-0.2, 0) is 11.3 Å². The second-order valence-electron chi connectivity index (χ2n) is 5.60. The van der Waals surface area contributed by atoms with Crippen LogP contribution in [0.2, 0.25) is 0 Å². The van der Waals surface area contributed by atoms with Gasteiger partial charge in [-0.05, 0) is 30.5 Å². The Morgan fingerprint density at radius 1 is 1.10 bits per heavy atom. The van der Waals surface area contributed by atoms with Crippen LogP contribution in [0.5, 0.6) is 5.75 Å². The highest BCUT2D eigenvalue weighted by Crippen LogP contribution is 2.38. The maximum absolute atomic E-state index is 12.2. The predicted molar refractivity (Wildman–Crippen MR) is 73.0 cm³/mol. The Kier molecular flexibility index (Phi) is 3.12. The van der Waals surface area contributed by atoms with Crippen molar-refractivity contribution in [3.63, 3.8) is 0 Å². The fraction of sp³-hybridized carbons (Fsp3) is 0.467. The second-order valence-corrected chi connectivity index (χ2v) is 5.60. The molecule has 1 heterocycles. The van der Waals surface area contributed by atoms with Crippen LogP contribution in [0.25, 0.3) is 0 Å². The molecule has 0 atom stereocenters. The van der Waals surface area contributed by atoms with Crippen molar-refractivity contribution in [1.29, 1.82) is 0 Å². The number of carbonyl (C=O) groups is 2. The number of aromatic hydroxyl groups is 1. The van der Waals surface area contributed by atoms with Crippen LogP contribution in [0.1, 0.15) is 37.7 Å². The van der Waals surface area contributed by atoms with Gasteiger partial charge < -0.3 is 10.0 Å². The minimum atomic E-state index is -0.660. The monoisotopic (exact) mass is 274 g/mol. The van der Waals surface area contributed by atoms with E-state index in [1.807, 2.05) is 0 Å². The highest BCUT2D eigenvalue weighted by molar-refractivity contribution is 6.07. The van der Waals surface area contributed by atoms with Crippen LogP contribution in [0.4, 0.5) is 4.79 Å². The van der Waals surface area contributed by atoms with Crippen molar-refractivity contribution >= 4 is 11.9 Å². The highest BCUT2D eigenvalue weighted by atomic mass is 16.3. The smallest absolute Gasteiger partial charge is 0.325 e. The fourth-order valence-electron chi connectivity index (χ4n) is 3.24. The molecule has 0 bridgehead atoms. The maximum atomic E-state index is 12.2. The van der Waals surface area contributed by atoms with E-state index in [1.54, 1.807) is 29.2 Å². The Labute approximate surface area is 117 Å². The first-order valence-electron chi connectivity index (χ1n) is 7.03. The number of rotatable bonds is 2. The normalized spacial score (nSPS) is 21.3. The summed E-state index contributed by atoms with van der Waals surface area (Å²) in [6.07, 6.45) is 4.56. The van der Waals surface area contributed by atoms with Crippen LogP contribution in [0, 0.1) is 0 Å². The molecule has 0 aromatic heterocycles. The first-order chi connectivity index (χ1) is 9.62. The molecule has 1 spiro atoms. The molecule has 1 aliphatic carbocycles. The molecule has 1 aromatic rings. The summed E-state index contributed by atoms with van der Waals surface area (Å²) in [5.41, 5.74) is 0.255. The number of benzene rings is 1. The van der Waals surface area contributed by atoms with Gasteiger partial charge >= 0.3 is 6.03 Å². The summed E-state index contributed by atoms with van der Waals surface area (Å²) in [5, 5.41) is 11.8. The zero-order valence-corrected chi connectivity index (χ0v) is 11.3. The molecule has 1 saturated carbocycles. The van der Waals surface area contributed by atoms with Gasteiger partial charge in [0.25, 0.3) is 5.91 Å². The third-order valence-electron chi connectivity index (χ3n) is 4.36. The molecule has 20 heavy (non-hydrogen) atoms. The molecule has 1 saturated heterocycles. The number of imide groups is 1. The molecular formula is C15H18N2O3. The molecular weight excluding hydrogens is 256 g/mol. The third-order valence-corrected chi connectivity index (χ3v) is 4.36. The van der Waals surface area contributed by atoms with Gasteiger partial charge in [0.15, 0.2) is 0 Å². The lowest BCUT2D eigenvalue weighted by Gasteiger charge is -2.38. The molecule has 2 N–H and O–H groups in total. The number of phenols is 1. The standard InChI is InChI=1S/C15H18N2O3/c18-12-6-4-11(5-7-12)10-17-14(20)16-13(19)15(17)8-2-1-3-9-15/h4-7,18H,1-3,8-10H2,(H,16,19,20). The Bertz CT molecular complexity index is 533. The van der Waals surface area contributed by atoms with E-state index in [0.29, 0.717) is 6.54 Å². The average Bonchev–Trinajstić information content (AvgIpc) is 2.67. The van der Waals surface area contributed by atoms with Gasteiger partial charge in [-0.2, -0.15) is 0 Å². The quantitative estimate of drug-likeness (QED) is 0.812. The van der Waals surface area contributed by atoms with Crippen molar-refractivity contribution in [1.82, 2.24) is 10.2 Å². The predicted octanol–water partition coefficient (Wildman–Crippen LogP) is 2.15. The number of amides is 3. The number of carbonyl (C=O) groups excluding carboxylic acids is 2. The first kappa shape index (κ1) is 13.0. The summed E-state index contributed by atoms with van der Waals surface area (Å²) in [6.45, 7) is 0.401. The van der Waals surface area contributed by atoms with Crippen molar-refractivity contribution in [3.05, 3.63) is 29.8 Å². The van der Waals surface area contributed by atoms with Gasteiger partial charge in [0.1, 0.15) is 11.3 Å². The Balaban J connectivity index is 1.87. The molecule has 3 amide bonds. The number of nitrogens with one attached hydrogen (secondary N) is 1. The molecule has 1 aromatic carbocycles. The van der Waals surface area contributed by atoms with E-state index in [2.05, 4.69) is 5.32 Å². The minimum Gasteiger partial charge on any atom is -0.508 e. The van der Waals surface area contributed by atoms with E-state index >= 15 is 0 Å². The van der Waals surface area contributed by atoms with Crippen LogP contribution in [0.15, 0.2) is 24.3 Å². The van der Waals surface area contributed by atoms with Gasteiger partial charge in [0.05, 0.1) is 0 Å². The molecule has 5 nitrogen and oxygen atoms in total. The second kappa shape index (κ2) is 4.81. The minimum absolute atomic E-state index is 0.152. The third kappa shape index (κ3) is 2.03. The van der Waals surface area contributed by atoms with Crippen LogP contribution in [-0.4, -0.2) is 27.5 Å². The molecule has 1 aliphatic heterocycles. The van der Waals surface area contributed by atoms with Crippen LogP contribution in [0.3, 0.4) is 0 Å². The fourth-order valence-corrected chi connectivity index (χ4v) is 3.24. The largest absolute Gasteiger partial charge is 0.508 e. The van der Waals surface area contributed by atoms with Crippen LogP contribution < -0.4 is 5.32 Å². The van der Waals surface area contributed by atoms with E-state index in [9.17, 15) is 14.7 Å². The summed E-state index contributed by atoms with van der Waals surface area (Å²) < 4.78 is 0.